The molecule has 174 valence electrons. The second-order valence-electron chi connectivity index (χ2n) is 7.97. The van der Waals surface area contributed by atoms with Gasteiger partial charge in [0.15, 0.2) is 0 Å². The van der Waals surface area contributed by atoms with E-state index in [1.165, 1.54) is 23.5 Å². The molecule has 0 unspecified atom stereocenters. The number of ether oxygens (including phenoxy) is 1. The van der Waals surface area contributed by atoms with Crippen molar-refractivity contribution in [2.45, 2.75) is 38.3 Å². The summed E-state index contributed by atoms with van der Waals surface area (Å²) in [5, 5.41) is 2.85. The number of benzene rings is 3. The van der Waals surface area contributed by atoms with Crippen molar-refractivity contribution in [1.82, 2.24) is 5.32 Å². The lowest BCUT2D eigenvalue weighted by atomic mass is 10.1. The van der Waals surface area contributed by atoms with Gasteiger partial charge in [-0.15, -0.1) is 0 Å². The number of carbonyl (C=O) groups is 1. The van der Waals surface area contributed by atoms with Gasteiger partial charge in [-0.25, -0.2) is 8.42 Å². The first-order valence-corrected chi connectivity index (χ1v) is 12.7. The number of carbonyl (C=O) groups excluding carboxylic acids is 1. The maximum absolute atomic E-state index is 13.7. The van der Waals surface area contributed by atoms with E-state index in [0.29, 0.717) is 21.5 Å². The van der Waals surface area contributed by atoms with Crippen LogP contribution in [-0.2, 0) is 16.6 Å². The largest absolute Gasteiger partial charge is 0.496 e. The van der Waals surface area contributed by atoms with Crippen LogP contribution in [0.4, 0.5) is 5.69 Å². The van der Waals surface area contributed by atoms with E-state index in [-0.39, 0.29) is 23.4 Å². The van der Waals surface area contributed by atoms with Crippen LogP contribution in [-0.4, -0.2) is 27.5 Å². The van der Waals surface area contributed by atoms with Gasteiger partial charge in [0.05, 0.1) is 28.7 Å². The summed E-state index contributed by atoms with van der Waals surface area (Å²) in [7, 11) is -2.36. The van der Waals surface area contributed by atoms with Gasteiger partial charge in [-0.3, -0.25) is 9.10 Å². The van der Waals surface area contributed by atoms with E-state index in [0.717, 1.165) is 11.1 Å². The molecule has 33 heavy (non-hydrogen) atoms. The number of rotatable bonds is 8. The van der Waals surface area contributed by atoms with Crippen LogP contribution in [0.2, 0.25) is 0 Å². The van der Waals surface area contributed by atoms with Crippen molar-refractivity contribution in [3.63, 3.8) is 0 Å². The van der Waals surface area contributed by atoms with Gasteiger partial charge in [-0.2, -0.15) is 0 Å². The van der Waals surface area contributed by atoms with Gasteiger partial charge in [0.1, 0.15) is 5.75 Å². The number of amides is 1. The average Bonchev–Trinajstić information content (AvgIpc) is 2.78. The van der Waals surface area contributed by atoms with Crippen molar-refractivity contribution < 1.29 is 17.9 Å². The molecule has 3 aromatic rings. The number of nitrogens with zero attached hydrogens (tertiary/aromatic N) is 1. The fourth-order valence-electron chi connectivity index (χ4n) is 3.23. The molecular formula is C25H27BrN2O4S. The molecule has 0 saturated carbocycles. The molecule has 0 atom stereocenters. The first kappa shape index (κ1) is 24.8. The number of sulfonamides is 1. The Bertz CT molecular complexity index is 1220. The van der Waals surface area contributed by atoms with Gasteiger partial charge in [0, 0.05) is 11.6 Å². The number of nitrogens with one attached hydrogen (secondary N) is 1. The Morgan fingerprint density at radius 3 is 2.21 bits per heavy atom. The Labute approximate surface area is 203 Å². The molecule has 1 N–H and O–H groups in total. The van der Waals surface area contributed by atoms with Crippen LogP contribution in [0, 0.1) is 6.92 Å². The van der Waals surface area contributed by atoms with Gasteiger partial charge in [-0.05, 0) is 84.7 Å². The molecule has 0 aliphatic rings. The van der Waals surface area contributed by atoms with Gasteiger partial charge < -0.3 is 10.1 Å². The Morgan fingerprint density at radius 2 is 1.67 bits per heavy atom. The molecule has 1 amide bonds. The highest BCUT2D eigenvalue weighted by atomic mass is 79.9. The molecule has 0 bridgehead atoms. The Morgan fingerprint density at radius 1 is 1.03 bits per heavy atom. The molecule has 0 saturated heterocycles. The maximum Gasteiger partial charge on any atom is 0.264 e. The number of methoxy groups -OCH3 is 1. The van der Waals surface area contributed by atoms with Crippen LogP contribution in [0.5, 0.6) is 5.75 Å². The predicted molar refractivity (Wildman–Crippen MR) is 134 cm³/mol. The lowest BCUT2D eigenvalue weighted by Gasteiger charge is -2.25. The van der Waals surface area contributed by atoms with E-state index in [2.05, 4.69) is 21.2 Å². The summed E-state index contributed by atoms with van der Waals surface area (Å²) >= 11 is 3.37. The summed E-state index contributed by atoms with van der Waals surface area (Å²) in [6.07, 6.45) is 0. The zero-order chi connectivity index (χ0) is 24.2. The zero-order valence-electron chi connectivity index (χ0n) is 19.0. The van der Waals surface area contributed by atoms with E-state index in [1.807, 2.05) is 32.9 Å². The normalized spacial score (nSPS) is 11.3. The van der Waals surface area contributed by atoms with Gasteiger partial charge in [-0.1, -0.05) is 29.8 Å². The predicted octanol–water partition coefficient (Wildman–Crippen LogP) is 5.30. The van der Waals surface area contributed by atoms with Crippen molar-refractivity contribution in [2.75, 3.05) is 11.4 Å². The second-order valence-corrected chi connectivity index (χ2v) is 10.7. The standard InChI is InChI=1S/C25H27BrN2O4S/c1-17(2)27-25(29)20-9-7-19(8-10-20)16-28(21-11-5-18(3)6-12-21)33(30,31)22-13-14-24(32-4)23(26)15-22/h5-15,17H,16H2,1-4H3,(H,27,29). The number of halogens is 1. The fourth-order valence-corrected chi connectivity index (χ4v) is 5.41. The van der Waals surface area contributed by atoms with E-state index in [9.17, 15) is 13.2 Å². The van der Waals surface area contributed by atoms with Crippen molar-refractivity contribution in [1.29, 1.82) is 0 Å². The summed E-state index contributed by atoms with van der Waals surface area (Å²) in [5.41, 5.74) is 2.86. The second kappa shape index (κ2) is 10.4. The molecule has 3 aromatic carbocycles. The van der Waals surface area contributed by atoms with Crippen LogP contribution >= 0.6 is 15.9 Å². The molecule has 0 aliphatic carbocycles. The van der Waals surface area contributed by atoms with Crippen LogP contribution in [0.15, 0.2) is 76.1 Å². The molecule has 0 heterocycles. The molecule has 0 fully saturated rings. The van der Waals surface area contributed by atoms with Crippen molar-refractivity contribution in [3.8, 4) is 5.75 Å². The molecule has 6 nitrogen and oxygen atoms in total. The van der Waals surface area contributed by atoms with Crippen LogP contribution in [0.3, 0.4) is 0 Å². The molecule has 0 radical (unpaired) electrons. The van der Waals surface area contributed by atoms with Crippen molar-refractivity contribution >= 4 is 37.5 Å². The van der Waals surface area contributed by atoms with Crippen LogP contribution < -0.4 is 14.4 Å². The zero-order valence-corrected chi connectivity index (χ0v) is 21.4. The first-order chi connectivity index (χ1) is 15.6. The summed E-state index contributed by atoms with van der Waals surface area (Å²) in [5.74, 6) is 0.383. The highest BCUT2D eigenvalue weighted by molar-refractivity contribution is 9.10. The van der Waals surface area contributed by atoms with Gasteiger partial charge in [0.2, 0.25) is 0 Å². The van der Waals surface area contributed by atoms with E-state index < -0.39 is 10.0 Å². The van der Waals surface area contributed by atoms with Gasteiger partial charge >= 0.3 is 0 Å². The van der Waals surface area contributed by atoms with E-state index in [1.54, 1.807) is 42.5 Å². The first-order valence-electron chi connectivity index (χ1n) is 10.4. The molecule has 0 spiro atoms. The van der Waals surface area contributed by atoms with Crippen molar-refractivity contribution in [3.05, 3.63) is 87.9 Å². The summed E-state index contributed by atoms with van der Waals surface area (Å²) in [4.78, 5) is 12.4. The number of hydrogen-bond acceptors (Lipinski definition) is 4. The average molecular weight is 531 g/mol. The smallest absolute Gasteiger partial charge is 0.264 e. The number of aryl methyl sites for hydroxylation is 1. The highest BCUT2D eigenvalue weighted by Gasteiger charge is 2.26. The molecule has 0 aliphatic heterocycles. The number of hydrogen-bond donors (Lipinski definition) is 1. The third kappa shape index (κ3) is 5.94. The van der Waals surface area contributed by atoms with Gasteiger partial charge in [0.25, 0.3) is 15.9 Å². The summed E-state index contributed by atoms with van der Waals surface area (Å²) < 4.78 is 34.5. The van der Waals surface area contributed by atoms with Crippen molar-refractivity contribution in [2.24, 2.45) is 0 Å². The van der Waals surface area contributed by atoms with E-state index >= 15 is 0 Å². The Balaban J connectivity index is 1.98. The topological polar surface area (TPSA) is 75.7 Å². The highest BCUT2D eigenvalue weighted by Crippen LogP contribution is 2.31. The molecule has 0 aromatic heterocycles. The van der Waals surface area contributed by atoms with Crippen LogP contribution in [0.25, 0.3) is 0 Å². The summed E-state index contributed by atoms with van der Waals surface area (Å²) in [6.45, 7) is 5.85. The minimum Gasteiger partial charge on any atom is -0.496 e. The molecular weight excluding hydrogens is 504 g/mol. The lowest BCUT2D eigenvalue weighted by Crippen LogP contribution is -2.31. The van der Waals surface area contributed by atoms with E-state index in [4.69, 9.17) is 4.74 Å². The van der Waals surface area contributed by atoms with Crippen LogP contribution in [0.1, 0.15) is 35.3 Å². The number of anilines is 1. The SMILES string of the molecule is COc1ccc(S(=O)(=O)N(Cc2ccc(C(=O)NC(C)C)cc2)c2ccc(C)cc2)cc1Br. The quantitative estimate of drug-likeness (QED) is 0.428. The Hall–Kier alpha value is -2.84. The lowest BCUT2D eigenvalue weighted by molar-refractivity contribution is 0.0943. The summed E-state index contributed by atoms with van der Waals surface area (Å²) in [6, 6.07) is 19.0. The molecule has 3 rings (SSSR count). The Kier molecular flexibility index (Phi) is 7.81. The third-order valence-electron chi connectivity index (χ3n) is 5.00. The fraction of sp³-hybridized carbons (Fsp3) is 0.240. The monoisotopic (exact) mass is 530 g/mol. The minimum absolute atomic E-state index is 0.0307. The maximum atomic E-state index is 13.7. The minimum atomic E-state index is -3.89. The molecule has 8 heteroatoms. The third-order valence-corrected chi connectivity index (χ3v) is 7.38.